The van der Waals surface area contributed by atoms with Crippen LogP contribution in [-0.2, 0) is 0 Å². The van der Waals surface area contributed by atoms with Crippen LogP contribution in [0.4, 0.5) is 0 Å². The number of rotatable bonds is 5. The van der Waals surface area contributed by atoms with E-state index in [1.807, 2.05) is 0 Å². The highest BCUT2D eigenvalue weighted by Crippen LogP contribution is 2.13. The lowest BCUT2D eigenvalue weighted by molar-refractivity contribution is 0.227. The van der Waals surface area contributed by atoms with Crippen molar-refractivity contribution >= 4 is 0 Å². The molecule has 1 fully saturated rings. The zero-order valence-electron chi connectivity index (χ0n) is 11.6. The number of hydrogen-bond donors (Lipinski definition) is 1. The maximum atomic E-state index is 3.71. The van der Waals surface area contributed by atoms with Gasteiger partial charge in [-0.25, -0.2) is 0 Å². The second-order valence-electron chi connectivity index (χ2n) is 5.78. The van der Waals surface area contributed by atoms with Gasteiger partial charge >= 0.3 is 0 Å². The highest BCUT2D eigenvalue weighted by atomic mass is 15.2. The smallest absolute Gasteiger partial charge is 0.0220 e. The summed E-state index contributed by atoms with van der Waals surface area (Å²) in [6, 6.07) is 0.708. The number of nitrogens with zero attached hydrogens (tertiary/aromatic N) is 1. The van der Waals surface area contributed by atoms with E-state index in [9.17, 15) is 0 Å². The first-order valence-electron chi connectivity index (χ1n) is 7.09. The molecule has 0 spiro atoms. The first-order chi connectivity index (χ1) is 7.63. The van der Waals surface area contributed by atoms with E-state index in [4.69, 9.17) is 0 Å². The molecule has 16 heavy (non-hydrogen) atoms. The van der Waals surface area contributed by atoms with Crippen molar-refractivity contribution in [2.75, 3.05) is 26.2 Å². The van der Waals surface area contributed by atoms with Crippen molar-refractivity contribution in [2.24, 2.45) is 11.8 Å². The molecule has 2 unspecified atom stereocenters. The Morgan fingerprint density at radius 2 is 2.06 bits per heavy atom. The molecular weight excluding hydrogens is 196 g/mol. The minimum atomic E-state index is 0.708. The molecule has 2 atom stereocenters. The second kappa shape index (κ2) is 7.29. The molecule has 0 bridgehead atoms. The maximum absolute atomic E-state index is 3.71. The van der Waals surface area contributed by atoms with Crippen LogP contribution in [0.15, 0.2) is 0 Å². The summed E-state index contributed by atoms with van der Waals surface area (Å²) in [4.78, 5) is 2.66. The maximum Gasteiger partial charge on any atom is 0.0220 e. The summed E-state index contributed by atoms with van der Waals surface area (Å²) in [5, 5.41) is 3.71. The summed E-state index contributed by atoms with van der Waals surface area (Å²) in [6.45, 7) is 14.3. The lowest BCUT2D eigenvalue weighted by Crippen LogP contribution is -2.42. The van der Waals surface area contributed by atoms with Crippen LogP contribution in [0.5, 0.6) is 0 Å². The van der Waals surface area contributed by atoms with Crippen LogP contribution in [0.3, 0.4) is 0 Å². The van der Waals surface area contributed by atoms with Gasteiger partial charge in [-0.15, -0.1) is 0 Å². The van der Waals surface area contributed by atoms with Crippen LogP contribution >= 0.6 is 0 Å². The first-order valence-corrected chi connectivity index (χ1v) is 7.09. The predicted molar refractivity (Wildman–Crippen MR) is 71.8 cm³/mol. The Morgan fingerprint density at radius 1 is 1.31 bits per heavy atom. The Labute approximate surface area is 102 Å². The van der Waals surface area contributed by atoms with E-state index >= 15 is 0 Å². The second-order valence-corrected chi connectivity index (χ2v) is 5.78. The molecular formula is C14H30N2. The first kappa shape index (κ1) is 14.0. The minimum Gasteiger partial charge on any atom is -0.312 e. The Balaban J connectivity index is 2.39. The van der Waals surface area contributed by atoms with E-state index in [0.717, 1.165) is 11.8 Å². The molecule has 1 N–H and O–H groups in total. The zero-order chi connectivity index (χ0) is 12.0. The van der Waals surface area contributed by atoms with E-state index in [1.54, 1.807) is 0 Å². The van der Waals surface area contributed by atoms with E-state index < -0.39 is 0 Å². The highest BCUT2D eigenvalue weighted by molar-refractivity contribution is 4.80. The van der Waals surface area contributed by atoms with Crippen molar-refractivity contribution in [2.45, 2.75) is 53.0 Å². The Bertz CT molecular complexity index is 180. The SMILES string of the molecule is CCC(C)C1CN(CCC(C)C)CCCN1. The van der Waals surface area contributed by atoms with Crippen molar-refractivity contribution in [3.05, 3.63) is 0 Å². The van der Waals surface area contributed by atoms with Gasteiger partial charge in [-0.1, -0.05) is 34.1 Å². The average Bonchev–Trinajstić information content (AvgIpc) is 2.50. The fourth-order valence-corrected chi connectivity index (χ4v) is 2.33. The largest absolute Gasteiger partial charge is 0.312 e. The Kier molecular flexibility index (Phi) is 6.37. The summed E-state index contributed by atoms with van der Waals surface area (Å²) in [5.41, 5.74) is 0. The quantitative estimate of drug-likeness (QED) is 0.775. The van der Waals surface area contributed by atoms with Crippen LogP contribution in [0.1, 0.15) is 47.0 Å². The van der Waals surface area contributed by atoms with Crippen LogP contribution in [-0.4, -0.2) is 37.1 Å². The van der Waals surface area contributed by atoms with Crippen LogP contribution < -0.4 is 5.32 Å². The van der Waals surface area contributed by atoms with E-state index in [1.165, 1.54) is 45.4 Å². The number of hydrogen-bond acceptors (Lipinski definition) is 2. The predicted octanol–water partition coefficient (Wildman–Crippen LogP) is 2.74. The van der Waals surface area contributed by atoms with Gasteiger partial charge in [0.05, 0.1) is 0 Å². The molecule has 2 nitrogen and oxygen atoms in total. The molecule has 0 aromatic rings. The van der Waals surface area contributed by atoms with Crippen molar-refractivity contribution in [1.29, 1.82) is 0 Å². The summed E-state index contributed by atoms with van der Waals surface area (Å²) in [5.74, 6) is 1.64. The van der Waals surface area contributed by atoms with Crippen molar-refractivity contribution in [1.82, 2.24) is 10.2 Å². The number of nitrogens with one attached hydrogen (secondary N) is 1. The van der Waals surface area contributed by atoms with Gasteiger partial charge in [-0.05, 0) is 44.3 Å². The third-order valence-electron chi connectivity index (χ3n) is 3.87. The minimum absolute atomic E-state index is 0.708. The van der Waals surface area contributed by atoms with Crippen molar-refractivity contribution in [3.8, 4) is 0 Å². The van der Waals surface area contributed by atoms with Gasteiger partial charge in [-0.3, -0.25) is 0 Å². The molecule has 1 heterocycles. The molecule has 0 saturated carbocycles. The van der Waals surface area contributed by atoms with Crippen LogP contribution in [0, 0.1) is 11.8 Å². The standard InChI is InChI=1S/C14H30N2/c1-5-13(4)14-11-16(9-6-8-15-14)10-7-12(2)3/h12-15H,5-11H2,1-4H3. The van der Waals surface area contributed by atoms with Gasteiger partial charge in [0.15, 0.2) is 0 Å². The molecule has 2 heteroatoms. The summed E-state index contributed by atoms with van der Waals surface area (Å²) in [7, 11) is 0. The molecule has 1 rings (SSSR count). The molecule has 1 saturated heterocycles. The Morgan fingerprint density at radius 3 is 2.69 bits per heavy atom. The van der Waals surface area contributed by atoms with Gasteiger partial charge in [-0.2, -0.15) is 0 Å². The fourth-order valence-electron chi connectivity index (χ4n) is 2.33. The normalized spacial score (nSPS) is 25.7. The van der Waals surface area contributed by atoms with E-state index in [2.05, 4.69) is 37.9 Å². The highest BCUT2D eigenvalue weighted by Gasteiger charge is 2.21. The van der Waals surface area contributed by atoms with Crippen LogP contribution in [0.2, 0.25) is 0 Å². The third-order valence-corrected chi connectivity index (χ3v) is 3.87. The molecule has 96 valence electrons. The molecule has 0 aliphatic carbocycles. The van der Waals surface area contributed by atoms with Crippen molar-refractivity contribution in [3.63, 3.8) is 0 Å². The van der Waals surface area contributed by atoms with Gasteiger partial charge in [0.1, 0.15) is 0 Å². The average molecular weight is 226 g/mol. The summed E-state index contributed by atoms with van der Waals surface area (Å²) < 4.78 is 0. The molecule has 0 aromatic heterocycles. The lowest BCUT2D eigenvalue weighted by Gasteiger charge is -2.28. The molecule has 1 aliphatic heterocycles. The van der Waals surface area contributed by atoms with E-state index in [-0.39, 0.29) is 0 Å². The summed E-state index contributed by atoms with van der Waals surface area (Å²) >= 11 is 0. The lowest BCUT2D eigenvalue weighted by atomic mass is 9.99. The van der Waals surface area contributed by atoms with Gasteiger partial charge in [0, 0.05) is 12.6 Å². The van der Waals surface area contributed by atoms with Crippen molar-refractivity contribution < 1.29 is 0 Å². The van der Waals surface area contributed by atoms with E-state index in [0.29, 0.717) is 6.04 Å². The monoisotopic (exact) mass is 226 g/mol. The fraction of sp³-hybridized carbons (Fsp3) is 1.00. The molecule has 0 aromatic carbocycles. The Hall–Kier alpha value is -0.0800. The van der Waals surface area contributed by atoms with Gasteiger partial charge in [0.2, 0.25) is 0 Å². The molecule has 0 radical (unpaired) electrons. The van der Waals surface area contributed by atoms with Crippen LogP contribution in [0.25, 0.3) is 0 Å². The third kappa shape index (κ3) is 4.84. The summed E-state index contributed by atoms with van der Waals surface area (Å²) in [6.07, 6.45) is 3.94. The molecule has 1 aliphatic rings. The molecule has 0 amide bonds. The van der Waals surface area contributed by atoms with Gasteiger partial charge < -0.3 is 10.2 Å². The van der Waals surface area contributed by atoms with Gasteiger partial charge in [0.25, 0.3) is 0 Å². The zero-order valence-corrected chi connectivity index (χ0v) is 11.6. The topological polar surface area (TPSA) is 15.3 Å².